The number of rotatable bonds is 5. The van der Waals surface area contributed by atoms with Crippen molar-refractivity contribution >= 4 is 23.4 Å². The topological polar surface area (TPSA) is 54.0 Å². The van der Waals surface area contributed by atoms with Crippen LogP contribution in [-0.4, -0.2) is 23.5 Å². The highest BCUT2D eigenvalue weighted by Gasteiger charge is 2.21. The lowest BCUT2D eigenvalue weighted by Crippen LogP contribution is -2.35. The van der Waals surface area contributed by atoms with E-state index in [4.69, 9.17) is 0 Å². The van der Waals surface area contributed by atoms with Gasteiger partial charge in [-0.25, -0.2) is 0 Å². The predicted octanol–water partition coefficient (Wildman–Crippen LogP) is 3.06. The summed E-state index contributed by atoms with van der Waals surface area (Å²) < 4.78 is 0. The summed E-state index contributed by atoms with van der Waals surface area (Å²) in [5.41, 5.74) is 2.11. The van der Waals surface area contributed by atoms with E-state index in [1.165, 1.54) is 10.5 Å². The van der Waals surface area contributed by atoms with E-state index in [0.717, 1.165) is 30.8 Å². The van der Waals surface area contributed by atoms with Crippen molar-refractivity contribution in [3.05, 3.63) is 54.4 Å². The predicted molar refractivity (Wildman–Crippen MR) is 89.9 cm³/mol. The van der Waals surface area contributed by atoms with Crippen LogP contribution in [0.5, 0.6) is 0 Å². The molecule has 1 amide bonds. The third kappa shape index (κ3) is 4.08. The van der Waals surface area contributed by atoms with Gasteiger partial charge in [-0.1, -0.05) is 0 Å². The Morgan fingerprint density at radius 2 is 2.00 bits per heavy atom. The van der Waals surface area contributed by atoms with E-state index in [1.807, 2.05) is 48.8 Å². The van der Waals surface area contributed by atoms with Gasteiger partial charge in [-0.15, -0.1) is 11.8 Å². The number of nitrogens with zero attached hydrogens (tertiary/aromatic N) is 1. The Hall–Kier alpha value is -1.85. The monoisotopic (exact) mass is 313 g/mol. The molecule has 0 saturated carbocycles. The van der Waals surface area contributed by atoms with Gasteiger partial charge in [-0.05, 0) is 61.3 Å². The van der Waals surface area contributed by atoms with Gasteiger partial charge in [0, 0.05) is 28.7 Å². The maximum absolute atomic E-state index is 12.0. The Morgan fingerprint density at radius 1 is 1.23 bits per heavy atom. The van der Waals surface area contributed by atoms with E-state index in [9.17, 15) is 4.79 Å². The normalized spacial score (nSPS) is 17.4. The van der Waals surface area contributed by atoms with Crippen molar-refractivity contribution in [3.8, 4) is 0 Å². The number of hydrogen-bond donors (Lipinski definition) is 2. The SMILES string of the molecule is O=C(Nc1ccc(SCc2ccncc2)cc1)C1CCCN1. The van der Waals surface area contributed by atoms with Crippen molar-refractivity contribution in [2.75, 3.05) is 11.9 Å². The van der Waals surface area contributed by atoms with E-state index in [-0.39, 0.29) is 11.9 Å². The molecule has 1 unspecified atom stereocenters. The second-order valence-electron chi connectivity index (χ2n) is 5.31. The zero-order chi connectivity index (χ0) is 15.2. The first-order chi connectivity index (χ1) is 10.8. The first kappa shape index (κ1) is 15.1. The Balaban J connectivity index is 1.52. The summed E-state index contributed by atoms with van der Waals surface area (Å²) in [6.07, 6.45) is 5.62. The van der Waals surface area contributed by atoms with Crippen LogP contribution in [0.25, 0.3) is 0 Å². The molecule has 2 aromatic rings. The molecular formula is C17H19N3OS. The van der Waals surface area contributed by atoms with Gasteiger partial charge >= 0.3 is 0 Å². The van der Waals surface area contributed by atoms with Crippen molar-refractivity contribution in [2.24, 2.45) is 0 Å². The number of pyridine rings is 1. The smallest absolute Gasteiger partial charge is 0.241 e. The van der Waals surface area contributed by atoms with Crippen LogP contribution >= 0.6 is 11.8 Å². The molecule has 114 valence electrons. The lowest BCUT2D eigenvalue weighted by molar-refractivity contribution is -0.117. The summed E-state index contributed by atoms with van der Waals surface area (Å²) in [7, 11) is 0. The Bertz CT molecular complexity index is 610. The van der Waals surface area contributed by atoms with Crippen LogP contribution in [0.15, 0.2) is 53.7 Å². The lowest BCUT2D eigenvalue weighted by atomic mass is 10.2. The number of carbonyl (C=O) groups is 1. The van der Waals surface area contributed by atoms with Crippen LogP contribution in [0, 0.1) is 0 Å². The molecule has 3 rings (SSSR count). The molecular weight excluding hydrogens is 294 g/mol. The molecule has 1 aliphatic heterocycles. The van der Waals surface area contributed by atoms with Crippen LogP contribution in [0.2, 0.25) is 0 Å². The quantitative estimate of drug-likeness (QED) is 0.833. The second-order valence-corrected chi connectivity index (χ2v) is 6.36. The third-order valence-electron chi connectivity index (χ3n) is 3.65. The standard InChI is InChI=1S/C17H19N3OS/c21-17(16-2-1-9-19-16)20-14-3-5-15(6-4-14)22-12-13-7-10-18-11-8-13/h3-8,10-11,16,19H,1-2,9,12H2,(H,20,21). The van der Waals surface area contributed by atoms with Crippen molar-refractivity contribution < 1.29 is 4.79 Å². The number of amides is 1. The van der Waals surface area contributed by atoms with Gasteiger partial charge in [-0.3, -0.25) is 9.78 Å². The largest absolute Gasteiger partial charge is 0.325 e. The number of aromatic nitrogens is 1. The average Bonchev–Trinajstić information content (AvgIpc) is 3.10. The Kier molecular flexibility index (Phi) is 5.08. The molecule has 22 heavy (non-hydrogen) atoms. The molecule has 0 bridgehead atoms. The molecule has 2 heterocycles. The average molecular weight is 313 g/mol. The Labute approximate surface area is 134 Å². The van der Waals surface area contributed by atoms with Crippen LogP contribution in [0.1, 0.15) is 18.4 Å². The van der Waals surface area contributed by atoms with Gasteiger partial charge in [0.2, 0.25) is 5.91 Å². The summed E-state index contributed by atoms with van der Waals surface area (Å²) in [5, 5.41) is 6.17. The summed E-state index contributed by atoms with van der Waals surface area (Å²) >= 11 is 1.77. The number of carbonyl (C=O) groups excluding carboxylic acids is 1. The second kappa shape index (κ2) is 7.42. The lowest BCUT2D eigenvalue weighted by Gasteiger charge is -2.11. The number of thioether (sulfide) groups is 1. The summed E-state index contributed by atoms with van der Waals surface area (Å²) in [4.78, 5) is 17.2. The van der Waals surface area contributed by atoms with Gasteiger partial charge in [0.1, 0.15) is 0 Å². The van der Waals surface area contributed by atoms with Gasteiger partial charge in [0.15, 0.2) is 0 Å². The molecule has 1 atom stereocenters. The minimum absolute atomic E-state index is 0.0410. The van der Waals surface area contributed by atoms with Crippen molar-refractivity contribution in [3.63, 3.8) is 0 Å². The maximum atomic E-state index is 12.0. The molecule has 1 saturated heterocycles. The molecule has 1 aromatic carbocycles. The van der Waals surface area contributed by atoms with E-state index in [1.54, 1.807) is 11.8 Å². The van der Waals surface area contributed by atoms with Gasteiger partial charge in [0.25, 0.3) is 0 Å². The number of nitrogens with one attached hydrogen (secondary N) is 2. The first-order valence-corrected chi connectivity index (χ1v) is 8.46. The fourth-order valence-corrected chi connectivity index (χ4v) is 3.27. The van der Waals surface area contributed by atoms with Crippen molar-refractivity contribution in [1.82, 2.24) is 10.3 Å². The highest BCUT2D eigenvalue weighted by molar-refractivity contribution is 7.98. The zero-order valence-electron chi connectivity index (χ0n) is 12.3. The van der Waals surface area contributed by atoms with Gasteiger partial charge in [0.05, 0.1) is 6.04 Å². The fourth-order valence-electron chi connectivity index (χ4n) is 2.42. The summed E-state index contributed by atoms with van der Waals surface area (Å²) in [6, 6.07) is 12.0. The molecule has 0 spiro atoms. The molecule has 2 N–H and O–H groups in total. The highest BCUT2D eigenvalue weighted by Crippen LogP contribution is 2.24. The molecule has 1 aliphatic rings. The summed E-state index contributed by atoms with van der Waals surface area (Å²) in [5.74, 6) is 0.981. The van der Waals surface area contributed by atoms with Gasteiger partial charge in [-0.2, -0.15) is 0 Å². The van der Waals surface area contributed by atoms with E-state index < -0.39 is 0 Å². The van der Waals surface area contributed by atoms with Crippen LogP contribution < -0.4 is 10.6 Å². The van der Waals surface area contributed by atoms with E-state index in [2.05, 4.69) is 15.6 Å². The van der Waals surface area contributed by atoms with E-state index in [0.29, 0.717) is 0 Å². The number of benzene rings is 1. The molecule has 0 aliphatic carbocycles. The zero-order valence-corrected chi connectivity index (χ0v) is 13.1. The Morgan fingerprint density at radius 3 is 2.68 bits per heavy atom. The molecule has 1 aromatic heterocycles. The van der Waals surface area contributed by atoms with Crippen LogP contribution in [-0.2, 0) is 10.5 Å². The van der Waals surface area contributed by atoms with Crippen LogP contribution in [0.3, 0.4) is 0 Å². The third-order valence-corrected chi connectivity index (χ3v) is 4.74. The van der Waals surface area contributed by atoms with E-state index >= 15 is 0 Å². The molecule has 5 heteroatoms. The maximum Gasteiger partial charge on any atom is 0.241 e. The first-order valence-electron chi connectivity index (χ1n) is 7.47. The fraction of sp³-hybridized carbons (Fsp3) is 0.294. The highest BCUT2D eigenvalue weighted by atomic mass is 32.2. The minimum Gasteiger partial charge on any atom is -0.325 e. The molecule has 4 nitrogen and oxygen atoms in total. The van der Waals surface area contributed by atoms with Crippen molar-refractivity contribution in [1.29, 1.82) is 0 Å². The van der Waals surface area contributed by atoms with Gasteiger partial charge < -0.3 is 10.6 Å². The van der Waals surface area contributed by atoms with Crippen molar-refractivity contribution in [2.45, 2.75) is 29.5 Å². The minimum atomic E-state index is -0.0410. The molecule has 1 fully saturated rings. The number of hydrogen-bond acceptors (Lipinski definition) is 4. The molecule has 0 radical (unpaired) electrons. The van der Waals surface area contributed by atoms with Crippen LogP contribution in [0.4, 0.5) is 5.69 Å². The summed E-state index contributed by atoms with van der Waals surface area (Å²) in [6.45, 7) is 0.933. The number of anilines is 1.